The molecule has 75 heavy (non-hydrogen) atoms. The number of thiol groups is 1. The van der Waals surface area contributed by atoms with Crippen LogP contribution in [0.3, 0.4) is 0 Å². The van der Waals surface area contributed by atoms with Crippen LogP contribution in [0.15, 0.2) is 63.5 Å². The maximum atomic E-state index is 14.5. The van der Waals surface area contributed by atoms with Crippen LogP contribution in [0.1, 0.15) is 56.6 Å². The van der Waals surface area contributed by atoms with E-state index in [1.807, 2.05) is 0 Å². The minimum absolute atomic E-state index is 0.000979. The Balaban J connectivity index is 2.51. The average molecular weight is 1070 g/mol. The molecule has 0 heterocycles. The molecule has 412 valence electrons. The molecule has 24 N–H and O–H groups in total. The van der Waals surface area contributed by atoms with Crippen molar-refractivity contribution in [2.75, 3.05) is 38.5 Å². The zero-order valence-corrected chi connectivity index (χ0v) is 42.3. The Bertz CT molecular complexity index is 2340. The Morgan fingerprint density at radius 3 is 1.17 bits per heavy atom. The van der Waals surface area contributed by atoms with Gasteiger partial charge >= 0.3 is 0 Å². The van der Waals surface area contributed by atoms with E-state index in [9.17, 15) is 53.4 Å². The third-order valence-electron chi connectivity index (χ3n) is 10.5. The number of carbonyl (C=O) groups is 9. The molecule has 0 bridgehead atoms. The van der Waals surface area contributed by atoms with Crippen molar-refractivity contribution in [3.8, 4) is 11.5 Å². The molecule has 2 aromatic rings. The number of hydrogen-bond donors (Lipinski definition) is 18. The number of hydrogen-bond acceptors (Lipinski definition) is 15. The molecule has 2 aromatic carbocycles. The number of nitrogens with two attached hydrogens (primary N) is 7. The number of amides is 9. The number of aromatic hydroxyl groups is 2. The van der Waals surface area contributed by atoms with Crippen LogP contribution in [-0.2, 0) is 56.0 Å². The van der Waals surface area contributed by atoms with Crippen LogP contribution in [0.5, 0.6) is 11.5 Å². The lowest BCUT2D eigenvalue weighted by atomic mass is 10.0. The van der Waals surface area contributed by atoms with Crippen molar-refractivity contribution in [3.05, 3.63) is 59.7 Å². The van der Waals surface area contributed by atoms with Gasteiger partial charge in [0.25, 0.3) is 0 Å². The summed E-state index contributed by atoms with van der Waals surface area (Å²) >= 11 is 3.94. The molecular formula is C45H70N18O11S. The smallest absolute Gasteiger partial charge is 0.243 e. The molecule has 0 radical (unpaired) electrons. The SMILES string of the molecule is CC(=O)N[C@@H](CCCN=C(N)N)C(=O)N[C@@H](Cc1ccc(O)cc1)C(=O)N[C@@H](CCCN=C(N)N)C(=O)N[C@@H](Cc1ccc(O)cc1)C(=O)N[C@@H](CCCN=C(N)N)C(=O)NCC(=O)NCC(=O)N[C@@H](CS)C(N)=O. The van der Waals surface area contributed by atoms with Crippen molar-refractivity contribution in [3.63, 3.8) is 0 Å². The van der Waals surface area contributed by atoms with Crippen molar-refractivity contribution in [2.24, 2.45) is 55.1 Å². The normalized spacial score (nSPS) is 13.0. The molecule has 30 heteroatoms. The van der Waals surface area contributed by atoms with E-state index in [1.54, 1.807) is 0 Å². The molecule has 9 amide bonds. The first-order chi connectivity index (χ1) is 35.5. The largest absolute Gasteiger partial charge is 0.508 e. The number of guanidine groups is 3. The number of phenols is 2. The summed E-state index contributed by atoms with van der Waals surface area (Å²) in [5.74, 6) is -8.29. The predicted molar refractivity (Wildman–Crippen MR) is 280 cm³/mol. The Kier molecular flexibility index (Phi) is 27.7. The Morgan fingerprint density at radius 1 is 0.467 bits per heavy atom. The zero-order valence-electron chi connectivity index (χ0n) is 41.4. The highest BCUT2D eigenvalue weighted by atomic mass is 32.1. The van der Waals surface area contributed by atoms with Gasteiger partial charge in [-0.05, 0) is 73.9 Å². The fraction of sp³-hybridized carbons (Fsp3) is 0.467. The summed E-state index contributed by atoms with van der Waals surface area (Å²) in [5, 5.41) is 40.0. The average Bonchev–Trinajstić information content (AvgIpc) is 3.34. The van der Waals surface area contributed by atoms with E-state index in [0.29, 0.717) is 11.1 Å². The van der Waals surface area contributed by atoms with Gasteiger partial charge in [-0.1, -0.05) is 24.3 Å². The van der Waals surface area contributed by atoms with Gasteiger partial charge in [0.15, 0.2) is 17.9 Å². The molecule has 0 fully saturated rings. The molecule has 0 aliphatic carbocycles. The highest BCUT2D eigenvalue weighted by Crippen LogP contribution is 2.15. The summed E-state index contributed by atoms with van der Waals surface area (Å²) < 4.78 is 0. The zero-order chi connectivity index (χ0) is 56.0. The summed E-state index contributed by atoms with van der Waals surface area (Å²) in [5.41, 5.74) is 38.9. The number of benzene rings is 2. The molecule has 0 aliphatic heterocycles. The molecule has 0 saturated carbocycles. The molecule has 0 aliphatic rings. The van der Waals surface area contributed by atoms with Crippen molar-refractivity contribution >= 4 is 83.7 Å². The molecule has 29 nitrogen and oxygen atoms in total. The Labute approximate surface area is 437 Å². The van der Waals surface area contributed by atoms with Crippen LogP contribution in [-0.4, -0.2) is 156 Å². The van der Waals surface area contributed by atoms with E-state index in [-0.39, 0.29) is 106 Å². The fourth-order valence-electron chi connectivity index (χ4n) is 6.79. The molecule has 0 unspecified atom stereocenters. The van der Waals surface area contributed by atoms with Crippen LogP contribution in [0.25, 0.3) is 0 Å². The van der Waals surface area contributed by atoms with Crippen LogP contribution in [0.4, 0.5) is 0 Å². The van der Waals surface area contributed by atoms with Crippen LogP contribution in [0, 0.1) is 0 Å². The first-order valence-corrected chi connectivity index (χ1v) is 24.1. The van der Waals surface area contributed by atoms with Gasteiger partial charge in [-0.3, -0.25) is 58.1 Å². The number of primary amides is 1. The summed E-state index contributed by atoms with van der Waals surface area (Å²) in [4.78, 5) is 131. The van der Waals surface area contributed by atoms with E-state index < -0.39 is 103 Å². The summed E-state index contributed by atoms with van der Waals surface area (Å²) in [7, 11) is 0. The molecular weight excluding hydrogens is 1000 g/mol. The minimum Gasteiger partial charge on any atom is -0.508 e. The quantitative estimate of drug-likeness (QED) is 0.0137. The van der Waals surface area contributed by atoms with Gasteiger partial charge < -0.3 is 92.9 Å². The molecule has 0 spiro atoms. The first-order valence-electron chi connectivity index (χ1n) is 23.4. The second-order valence-electron chi connectivity index (χ2n) is 16.8. The fourth-order valence-corrected chi connectivity index (χ4v) is 7.06. The van der Waals surface area contributed by atoms with Gasteiger partial charge in [-0.15, -0.1) is 0 Å². The van der Waals surface area contributed by atoms with E-state index in [1.165, 1.54) is 55.5 Å². The monoisotopic (exact) mass is 1070 g/mol. The molecule has 6 atom stereocenters. The highest BCUT2D eigenvalue weighted by Gasteiger charge is 2.33. The molecule has 0 aromatic heterocycles. The van der Waals surface area contributed by atoms with Gasteiger partial charge in [0.1, 0.15) is 47.8 Å². The summed E-state index contributed by atoms with van der Waals surface area (Å²) in [6.07, 6.45) is -0.124. The van der Waals surface area contributed by atoms with Crippen LogP contribution >= 0.6 is 12.6 Å². The number of phenolic OH excluding ortho intramolecular Hbond substituents is 2. The number of nitrogens with zero attached hydrogens (tertiary/aromatic N) is 3. The van der Waals surface area contributed by atoms with Gasteiger partial charge in [-0.25, -0.2) is 0 Å². The summed E-state index contributed by atoms with van der Waals surface area (Å²) in [6.45, 7) is 0.0850. The number of rotatable bonds is 33. The van der Waals surface area contributed by atoms with E-state index in [4.69, 9.17) is 40.1 Å². The summed E-state index contributed by atoms with van der Waals surface area (Å²) in [6, 6.07) is 3.37. The van der Waals surface area contributed by atoms with Gasteiger partial charge in [0.2, 0.25) is 53.2 Å². The highest BCUT2D eigenvalue weighted by molar-refractivity contribution is 7.80. The van der Waals surface area contributed by atoms with Crippen LogP contribution in [0.2, 0.25) is 0 Å². The van der Waals surface area contributed by atoms with E-state index in [0.717, 1.165) is 0 Å². The van der Waals surface area contributed by atoms with E-state index >= 15 is 0 Å². The first kappa shape index (κ1) is 62.5. The second-order valence-corrected chi connectivity index (χ2v) is 17.2. The van der Waals surface area contributed by atoms with E-state index in [2.05, 4.69) is 70.1 Å². The predicted octanol–water partition coefficient (Wildman–Crippen LogP) is -6.38. The van der Waals surface area contributed by atoms with Crippen molar-refractivity contribution in [2.45, 2.75) is 94.5 Å². The topological polar surface area (TPSA) is 510 Å². The number of carbonyl (C=O) groups excluding carboxylic acids is 9. The van der Waals surface area contributed by atoms with Crippen molar-refractivity contribution in [1.82, 2.24) is 42.5 Å². The van der Waals surface area contributed by atoms with Gasteiger partial charge in [-0.2, -0.15) is 12.6 Å². The van der Waals surface area contributed by atoms with Crippen molar-refractivity contribution in [1.29, 1.82) is 0 Å². The third kappa shape index (κ3) is 26.1. The molecule has 0 saturated heterocycles. The van der Waals surface area contributed by atoms with Gasteiger partial charge in [0, 0.05) is 45.2 Å². The lowest BCUT2D eigenvalue weighted by molar-refractivity contribution is -0.135. The Hall–Kier alpha value is -8.57. The second kappa shape index (κ2) is 33.2. The minimum atomic E-state index is -1.50. The van der Waals surface area contributed by atoms with Crippen molar-refractivity contribution < 1.29 is 53.4 Å². The maximum Gasteiger partial charge on any atom is 0.243 e. The van der Waals surface area contributed by atoms with Gasteiger partial charge in [0.05, 0.1) is 13.1 Å². The third-order valence-corrected chi connectivity index (χ3v) is 10.9. The lowest BCUT2D eigenvalue weighted by Crippen LogP contribution is -2.60. The number of aliphatic imine (C=N–C) groups is 3. The standard InChI is InChI=1S/C45H70N18O11S/c1-24(64)58-30(6-3-17-54-44(49)50)39(71)62-33(20-26-10-14-28(66)15-11-26)42(74)61-31(7-4-18-55-45(51)52)40(72)63-32(19-25-8-12-27(65)13-9-25)41(73)60-29(5-2-16-53-43(47)48)38(70)57-21-35(67)56-22-36(68)59-34(23-75)37(46)69/h8-15,29-34,65-66,75H,2-7,16-23H2,1H3,(H2,46,69)(H,56,67)(H,57,70)(H,58,64)(H,59,68)(H,60,73)(H,61,74)(H,62,71)(H,63,72)(H4,47,48,53)(H4,49,50,54)(H4,51,52,55)/t29-,30-,31-,32-,33-,34-/m0/s1. The maximum absolute atomic E-state index is 14.5. The molecule has 2 rings (SSSR count). The van der Waals surface area contributed by atoms with Crippen LogP contribution < -0.4 is 82.7 Å². The lowest BCUT2D eigenvalue weighted by Gasteiger charge is -2.27. The number of nitrogens with one attached hydrogen (secondary N) is 8. The Morgan fingerprint density at radius 2 is 0.813 bits per heavy atom.